The number of hydrogen-bond acceptors (Lipinski definition) is 7. The number of aromatic nitrogens is 2. The van der Waals surface area contributed by atoms with Crippen molar-refractivity contribution in [2.75, 3.05) is 37.5 Å². The molecule has 1 aromatic carbocycles. The number of carbonyl (C=O) groups excluding carboxylic acids is 2. The summed E-state index contributed by atoms with van der Waals surface area (Å²) in [6, 6.07) is 4.60. The predicted octanol–water partition coefficient (Wildman–Crippen LogP) is 0.504. The number of amides is 1. The molecular formula is C19H23FN4O6. The molecule has 3 N–H and O–H groups in total. The molecule has 1 amide bonds. The summed E-state index contributed by atoms with van der Waals surface area (Å²) in [5.41, 5.74) is 4.29. The SMILES string of the molecule is CCCn1c(N)c(N(CCOC)C(=O)COC(=O)c2ccc(F)cc2)c(=O)[nH]c1=O. The molecule has 0 aliphatic heterocycles. The summed E-state index contributed by atoms with van der Waals surface area (Å²) >= 11 is 0. The van der Waals surface area contributed by atoms with Crippen LogP contribution in [0.25, 0.3) is 0 Å². The molecule has 2 aromatic rings. The number of nitrogens with one attached hydrogen (secondary N) is 1. The summed E-state index contributed by atoms with van der Waals surface area (Å²) in [7, 11) is 1.41. The molecule has 0 unspecified atom stereocenters. The molecule has 0 aliphatic rings. The fraction of sp³-hybridized carbons (Fsp3) is 0.368. The third-order valence-corrected chi connectivity index (χ3v) is 4.16. The van der Waals surface area contributed by atoms with Crippen LogP contribution in [0.3, 0.4) is 0 Å². The molecule has 0 fully saturated rings. The Hall–Kier alpha value is -3.47. The van der Waals surface area contributed by atoms with Crippen LogP contribution in [0, 0.1) is 5.82 Å². The number of nitrogens with zero attached hydrogens (tertiary/aromatic N) is 2. The molecule has 162 valence electrons. The van der Waals surface area contributed by atoms with Crippen LogP contribution in [0.2, 0.25) is 0 Å². The van der Waals surface area contributed by atoms with E-state index >= 15 is 0 Å². The molecule has 30 heavy (non-hydrogen) atoms. The monoisotopic (exact) mass is 422 g/mol. The third-order valence-electron chi connectivity index (χ3n) is 4.16. The first-order valence-corrected chi connectivity index (χ1v) is 9.14. The van der Waals surface area contributed by atoms with Crippen molar-refractivity contribution < 1.29 is 23.5 Å². The Morgan fingerprint density at radius 2 is 1.90 bits per heavy atom. The Kier molecular flexibility index (Phi) is 7.87. The molecule has 0 aliphatic carbocycles. The van der Waals surface area contributed by atoms with Crippen molar-refractivity contribution in [1.82, 2.24) is 9.55 Å². The normalized spacial score (nSPS) is 10.6. The number of ether oxygens (including phenoxy) is 2. The Morgan fingerprint density at radius 1 is 1.23 bits per heavy atom. The Labute approximate surface area is 171 Å². The topological polar surface area (TPSA) is 137 Å². The van der Waals surface area contributed by atoms with Gasteiger partial charge in [-0.25, -0.2) is 14.0 Å². The standard InChI is InChI=1S/C19H23FN4O6/c1-3-8-24-16(21)15(17(26)22-19(24)28)23(9-10-29-2)14(25)11-30-18(27)12-4-6-13(20)7-5-12/h4-7H,3,8-11,21H2,1-2H3,(H,22,26,28). The zero-order valence-corrected chi connectivity index (χ0v) is 16.6. The van der Waals surface area contributed by atoms with Gasteiger partial charge in [0.2, 0.25) is 0 Å². The molecule has 0 saturated carbocycles. The number of benzene rings is 1. The highest BCUT2D eigenvalue weighted by atomic mass is 19.1. The molecule has 0 spiro atoms. The fourth-order valence-corrected chi connectivity index (χ4v) is 2.70. The van der Waals surface area contributed by atoms with E-state index in [1.807, 2.05) is 6.92 Å². The number of halogens is 1. The van der Waals surface area contributed by atoms with Crippen molar-refractivity contribution in [3.63, 3.8) is 0 Å². The quantitative estimate of drug-likeness (QED) is 0.562. The summed E-state index contributed by atoms with van der Waals surface area (Å²) in [5.74, 6) is -2.29. The summed E-state index contributed by atoms with van der Waals surface area (Å²) in [4.78, 5) is 52.3. The van der Waals surface area contributed by atoms with Crippen LogP contribution < -0.4 is 21.9 Å². The van der Waals surface area contributed by atoms with Gasteiger partial charge in [-0.3, -0.25) is 24.0 Å². The lowest BCUT2D eigenvalue weighted by Gasteiger charge is -2.24. The van der Waals surface area contributed by atoms with Crippen LogP contribution in [0.15, 0.2) is 33.9 Å². The van der Waals surface area contributed by atoms with Crippen molar-refractivity contribution in [3.8, 4) is 0 Å². The largest absolute Gasteiger partial charge is 0.452 e. The Bertz CT molecular complexity index is 1020. The number of H-pyrrole nitrogens is 1. The van der Waals surface area contributed by atoms with Crippen molar-refractivity contribution in [1.29, 1.82) is 0 Å². The van der Waals surface area contributed by atoms with Crippen molar-refractivity contribution in [2.24, 2.45) is 0 Å². The van der Waals surface area contributed by atoms with Crippen LogP contribution >= 0.6 is 0 Å². The lowest BCUT2D eigenvalue weighted by Crippen LogP contribution is -2.44. The van der Waals surface area contributed by atoms with Gasteiger partial charge >= 0.3 is 11.7 Å². The summed E-state index contributed by atoms with van der Waals surface area (Å²) in [6.07, 6.45) is 0.566. The maximum atomic E-state index is 13.0. The fourth-order valence-electron chi connectivity index (χ4n) is 2.70. The van der Waals surface area contributed by atoms with Crippen LogP contribution in [-0.2, 0) is 20.8 Å². The zero-order valence-electron chi connectivity index (χ0n) is 16.6. The highest BCUT2D eigenvalue weighted by Gasteiger charge is 2.25. The molecule has 0 bridgehead atoms. The second-order valence-corrected chi connectivity index (χ2v) is 6.27. The van der Waals surface area contributed by atoms with Gasteiger partial charge < -0.3 is 15.2 Å². The van der Waals surface area contributed by atoms with Gasteiger partial charge in [0, 0.05) is 20.2 Å². The first kappa shape index (κ1) is 22.8. The number of methoxy groups -OCH3 is 1. The summed E-state index contributed by atoms with van der Waals surface area (Å²) in [5, 5.41) is 0. The molecular weight excluding hydrogens is 399 g/mol. The van der Waals surface area contributed by atoms with Gasteiger partial charge in [-0.15, -0.1) is 0 Å². The van der Waals surface area contributed by atoms with E-state index in [0.29, 0.717) is 6.42 Å². The highest BCUT2D eigenvalue weighted by Crippen LogP contribution is 2.17. The van der Waals surface area contributed by atoms with E-state index < -0.39 is 35.5 Å². The van der Waals surface area contributed by atoms with Crippen molar-refractivity contribution in [3.05, 3.63) is 56.5 Å². The van der Waals surface area contributed by atoms with E-state index in [4.69, 9.17) is 15.2 Å². The maximum absolute atomic E-state index is 13.0. The maximum Gasteiger partial charge on any atom is 0.338 e. The minimum absolute atomic E-state index is 0.0569. The minimum atomic E-state index is -0.848. The third kappa shape index (κ3) is 5.32. The number of nitrogens with two attached hydrogens (primary N) is 1. The van der Waals surface area contributed by atoms with E-state index in [1.54, 1.807) is 0 Å². The number of hydrogen-bond donors (Lipinski definition) is 2. The van der Waals surface area contributed by atoms with Gasteiger partial charge in [-0.05, 0) is 30.7 Å². The second-order valence-electron chi connectivity index (χ2n) is 6.27. The average molecular weight is 422 g/mol. The number of rotatable bonds is 9. The lowest BCUT2D eigenvalue weighted by atomic mass is 10.2. The Morgan fingerprint density at radius 3 is 2.50 bits per heavy atom. The molecule has 11 heteroatoms. The number of carbonyl (C=O) groups is 2. The van der Waals surface area contributed by atoms with Crippen molar-refractivity contribution >= 4 is 23.4 Å². The van der Waals surface area contributed by atoms with E-state index in [-0.39, 0.29) is 36.8 Å². The minimum Gasteiger partial charge on any atom is -0.452 e. The van der Waals surface area contributed by atoms with Crippen LogP contribution in [0.5, 0.6) is 0 Å². The van der Waals surface area contributed by atoms with E-state index in [0.717, 1.165) is 21.6 Å². The van der Waals surface area contributed by atoms with E-state index in [9.17, 15) is 23.6 Å². The van der Waals surface area contributed by atoms with Gasteiger partial charge in [0.1, 0.15) is 11.6 Å². The molecule has 1 heterocycles. The van der Waals surface area contributed by atoms with E-state index in [2.05, 4.69) is 4.98 Å². The van der Waals surface area contributed by atoms with Crippen molar-refractivity contribution in [2.45, 2.75) is 19.9 Å². The number of aromatic amines is 1. The van der Waals surface area contributed by atoms with Gasteiger partial charge in [-0.2, -0.15) is 0 Å². The number of nitrogen functional groups attached to an aromatic ring is 1. The highest BCUT2D eigenvalue weighted by molar-refractivity contribution is 5.98. The van der Waals surface area contributed by atoms with Gasteiger partial charge in [-0.1, -0.05) is 6.92 Å². The smallest absolute Gasteiger partial charge is 0.338 e. The Balaban J connectivity index is 2.29. The molecule has 2 rings (SSSR count). The zero-order chi connectivity index (χ0) is 22.3. The predicted molar refractivity (Wildman–Crippen MR) is 107 cm³/mol. The lowest BCUT2D eigenvalue weighted by molar-refractivity contribution is -0.121. The summed E-state index contributed by atoms with van der Waals surface area (Å²) < 4.78 is 24.1. The van der Waals surface area contributed by atoms with Gasteiger partial charge in [0.15, 0.2) is 12.3 Å². The average Bonchev–Trinajstić information content (AvgIpc) is 2.71. The molecule has 0 saturated heterocycles. The van der Waals surface area contributed by atoms with Crippen LogP contribution in [0.1, 0.15) is 23.7 Å². The molecule has 0 radical (unpaired) electrons. The number of anilines is 2. The molecule has 10 nitrogen and oxygen atoms in total. The van der Waals surface area contributed by atoms with Gasteiger partial charge in [0.05, 0.1) is 12.2 Å². The first-order chi connectivity index (χ1) is 14.3. The van der Waals surface area contributed by atoms with Crippen LogP contribution in [0.4, 0.5) is 15.9 Å². The van der Waals surface area contributed by atoms with Gasteiger partial charge in [0.25, 0.3) is 11.5 Å². The second kappa shape index (κ2) is 10.3. The van der Waals surface area contributed by atoms with Crippen LogP contribution in [-0.4, -0.2) is 48.3 Å². The molecule has 1 aromatic heterocycles. The first-order valence-electron chi connectivity index (χ1n) is 9.14. The van der Waals surface area contributed by atoms with E-state index in [1.165, 1.54) is 19.2 Å². The number of esters is 1. The molecule has 0 atom stereocenters. The summed E-state index contributed by atoms with van der Waals surface area (Å²) in [6.45, 7) is 1.34.